The van der Waals surface area contributed by atoms with Crippen LogP contribution < -0.4 is 4.72 Å². The third-order valence-corrected chi connectivity index (χ3v) is 4.69. The molecule has 0 fully saturated rings. The molecule has 0 saturated heterocycles. The SMILES string of the molecule is O=C(O)c1ccccc1NS(=O)(=O)CS(=O)(=O)O. The topological polar surface area (TPSA) is 138 Å². The Hall–Kier alpha value is -1.65. The number of aromatic carboxylic acids is 1. The maximum absolute atomic E-state index is 11.3. The smallest absolute Gasteiger partial charge is 0.337 e. The third kappa shape index (κ3) is 4.31. The first kappa shape index (κ1) is 14.4. The van der Waals surface area contributed by atoms with Gasteiger partial charge in [-0.15, -0.1) is 0 Å². The molecule has 3 N–H and O–H groups in total. The molecule has 1 aromatic rings. The summed E-state index contributed by atoms with van der Waals surface area (Å²) in [6, 6.07) is 5.06. The van der Waals surface area contributed by atoms with Crippen molar-refractivity contribution < 1.29 is 31.3 Å². The molecule has 0 aliphatic carbocycles. The monoisotopic (exact) mass is 295 g/mol. The average Bonchev–Trinajstić information content (AvgIpc) is 2.13. The number of anilines is 1. The second-order valence-corrected chi connectivity index (χ2v) is 6.81. The van der Waals surface area contributed by atoms with Crippen molar-refractivity contribution in [3.8, 4) is 0 Å². The second-order valence-electron chi connectivity index (χ2n) is 3.27. The van der Waals surface area contributed by atoms with E-state index in [1.54, 1.807) is 4.72 Å². The van der Waals surface area contributed by atoms with Gasteiger partial charge in [0.25, 0.3) is 10.1 Å². The first-order valence-corrected chi connectivity index (χ1v) is 7.65. The van der Waals surface area contributed by atoms with E-state index in [2.05, 4.69) is 0 Å². The molecule has 0 aliphatic heterocycles. The van der Waals surface area contributed by atoms with Crippen LogP contribution in [0.15, 0.2) is 24.3 Å². The summed E-state index contributed by atoms with van der Waals surface area (Å²) in [6.45, 7) is 0. The molecule has 100 valence electrons. The third-order valence-electron chi connectivity index (χ3n) is 1.73. The summed E-state index contributed by atoms with van der Waals surface area (Å²) in [4.78, 5) is 10.8. The fraction of sp³-hybridized carbons (Fsp3) is 0.125. The van der Waals surface area contributed by atoms with E-state index in [1.807, 2.05) is 0 Å². The molecule has 0 heterocycles. The van der Waals surface area contributed by atoms with Gasteiger partial charge in [0.05, 0.1) is 11.3 Å². The van der Waals surface area contributed by atoms with Crippen LogP contribution in [0.1, 0.15) is 10.4 Å². The maximum atomic E-state index is 11.3. The number of rotatable bonds is 5. The molecule has 0 bridgehead atoms. The lowest BCUT2D eigenvalue weighted by Gasteiger charge is -2.08. The summed E-state index contributed by atoms with van der Waals surface area (Å²) in [6.07, 6.45) is 0. The zero-order chi connectivity index (χ0) is 14.0. The molecule has 18 heavy (non-hydrogen) atoms. The van der Waals surface area contributed by atoms with Crippen LogP contribution in [0.25, 0.3) is 0 Å². The summed E-state index contributed by atoms with van der Waals surface area (Å²) in [7, 11) is -9.13. The fourth-order valence-electron chi connectivity index (χ4n) is 1.15. The summed E-state index contributed by atoms with van der Waals surface area (Å²) < 4.78 is 53.9. The number of hydrogen-bond donors (Lipinski definition) is 3. The molecule has 8 nitrogen and oxygen atoms in total. The van der Waals surface area contributed by atoms with Crippen LogP contribution in [0.5, 0.6) is 0 Å². The van der Waals surface area contributed by atoms with E-state index in [9.17, 15) is 21.6 Å². The number of hydrogen-bond acceptors (Lipinski definition) is 5. The summed E-state index contributed by atoms with van der Waals surface area (Å²) in [5, 5.41) is 7.24. The van der Waals surface area contributed by atoms with E-state index < -0.39 is 31.2 Å². The summed E-state index contributed by atoms with van der Waals surface area (Å²) in [5.74, 6) is -1.37. The Bertz CT molecular complexity index is 662. The molecule has 0 amide bonds. The highest BCUT2D eigenvalue weighted by atomic mass is 32.3. The van der Waals surface area contributed by atoms with Crippen molar-refractivity contribution >= 4 is 31.8 Å². The average molecular weight is 295 g/mol. The Balaban J connectivity index is 3.09. The molecule has 1 rings (SSSR count). The molecule has 0 aliphatic rings. The summed E-state index contributed by atoms with van der Waals surface area (Å²) >= 11 is 0. The number of benzene rings is 1. The van der Waals surface area contributed by atoms with E-state index in [0.717, 1.165) is 12.1 Å². The Morgan fingerprint density at radius 3 is 2.22 bits per heavy atom. The largest absolute Gasteiger partial charge is 0.478 e. The van der Waals surface area contributed by atoms with Crippen molar-refractivity contribution in [2.45, 2.75) is 0 Å². The molecule has 0 atom stereocenters. The molecule has 10 heteroatoms. The van der Waals surface area contributed by atoms with Crippen LogP contribution in [-0.4, -0.2) is 37.5 Å². The first-order valence-electron chi connectivity index (χ1n) is 4.39. The van der Waals surface area contributed by atoms with E-state index in [4.69, 9.17) is 9.66 Å². The van der Waals surface area contributed by atoms with Crippen molar-refractivity contribution in [3.05, 3.63) is 29.8 Å². The van der Waals surface area contributed by atoms with Crippen molar-refractivity contribution in [2.75, 3.05) is 9.81 Å². The predicted molar refractivity (Wildman–Crippen MR) is 62.4 cm³/mol. The van der Waals surface area contributed by atoms with Crippen molar-refractivity contribution in [3.63, 3.8) is 0 Å². The lowest BCUT2D eigenvalue weighted by atomic mass is 10.2. The van der Waals surface area contributed by atoms with Gasteiger partial charge >= 0.3 is 5.97 Å². The highest BCUT2D eigenvalue weighted by Crippen LogP contribution is 2.16. The van der Waals surface area contributed by atoms with Crippen LogP contribution in [0.4, 0.5) is 5.69 Å². The predicted octanol–water partition coefficient (Wildman–Crippen LogP) is -0.0282. The van der Waals surface area contributed by atoms with E-state index in [1.165, 1.54) is 12.1 Å². The zero-order valence-corrected chi connectivity index (χ0v) is 10.4. The minimum Gasteiger partial charge on any atom is -0.478 e. The lowest BCUT2D eigenvalue weighted by Crippen LogP contribution is -2.23. The van der Waals surface area contributed by atoms with Crippen molar-refractivity contribution in [2.24, 2.45) is 0 Å². The van der Waals surface area contributed by atoms with Crippen LogP contribution in [0, 0.1) is 0 Å². The van der Waals surface area contributed by atoms with Gasteiger partial charge in [-0.2, -0.15) is 8.42 Å². The molecule has 0 spiro atoms. The minimum absolute atomic E-state index is 0.284. The molecular formula is C8H9NO7S2. The molecule has 0 radical (unpaired) electrons. The molecule has 1 aromatic carbocycles. The van der Waals surface area contributed by atoms with E-state index in [-0.39, 0.29) is 11.3 Å². The van der Waals surface area contributed by atoms with Crippen LogP contribution in [-0.2, 0) is 20.1 Å². The molecule has 0 unspecified atom stereocenters. The zero-order valence-electron chi connectivity index (χ0n) is 8.77. The van der Waals surface area contributed by atoms with Gasteiger partial charge in [0, 0.05) is 0 Å². The Morgan fingerprint density at radius 1 is 1.17 bits per heavy atom. The lowest BCUT2D eigenvalue weighted by molar-refractivity contribution is 0.0698. The van der Waals surface area contributed by atoms with Crippen LogP contribution in [0.2, 0.25) is 0 Å². The second kappa shape index (κ2) is 4.92. The van der Waals surface area contributed by atoms with Crippen LogP contribution >= 0.6 is 0 Å². The van der Waals surface area contributed by atoms with Gasteiger partial charge in [-0.25, -0.2) is 13.2 Å². The number of sulfonamides is 1. The van der Waals surface area contributed by atoms with Gasteiger partial charge in [0.15, 0.2) is 5.08 Å². The quantitative estimate of drug-likeness (QED) is 0.648. The Morgan fingerprint density at radius 2 is 1.72 bits per heavy atom. The normalized spacial score (nSPS) is 12.1. The van der Waals surface area contributed by atoms with Gasteiger partial charge in [-0.1, -0.05) is 12.1 Å². The number of nitrogens with one attached hydrogen (secondary N) is 1. The van der Waals surface area contributed by atoms with Gasteiger partial charge in [-0.3, -0.25) is 9.27 Å². The number of carboxylic acid groups (broad SMARTS) is 1. The van der Waals surface area contributed by atoms with Crippen molar-refractivity contribution in [1.29, 1.82) is 0 Å². The van der Waals surface area contributed by atoms with Gasteiger partial charge < -0.3 is 5.11 Å². The van der Waals surface area contributed by atoms with Gasteiger partial charge in [-0.05, 0) is 12.1 Å². The molecule has 0 saturated carbocycles. The fourth-order valence-corrected chi connectivity index (χ4v) is 3.47. The highest BCUT2D eigenvalue weighted by Gasteiger charge is 2.21. The number of carboxylic acids is 1. The van der Waals surface area contributed by atoms with Gasteiger partial charge in [0.2, 0.25) is 10.0 Å². The van der Waals surface area contributed by atoms with Crippen LogP contribution in [0.3, 0.4) is 0 Å². The van der Waals surface area contributed by atoms with Crippen molar-refractivity contribution in [1.82, 2.24) is 0 Å². The summed E-state index contributed by atoms with van der Waals surface area (Å²) in [5.41, 5.74) is -0.620. The van der Waals surface area contributed by atoms with Gasteiger partial charge in [0.1, 0.15) is 0 Å². The standard InChI is InChI=1S/C8H9NO7S2/c10-8(11)6-3-1-2-4-7(6)9-17(12,13)5-18(14,15)16/h1-4,9H,5H2,(H,10,11)(H,14,15,16). The first-order chi connectivity index (χ1) is 8.11. The number of carbonyl (C=O) groups is 1. The maximum Gasteiger partial charge on any atom is 0.337 e. The highest BCUT2D eigenvalue weighted by molar-refractivity contribution is 8.06. The minimum atomic E-state index is -4.73. The van der Waals surface area contributed by atoms with E-state index >= 15 is 0 Å². The molecular weight excluding hydrogens is 286 g/mol. The molecule has 0 aromatic heterocycles. The van der Waals surface area contributed by atoms with E-state index in [0.29, 0.717) is 0 Å². The number of para-hydroxylation sites is 1. The Labute approximate surface area is 103 Å². The Kier molecular flexibility index (Phi) is 3.94.